The Morgan fingerprint density at radius 1 is 1.23 bits per heavy atom. The molecule has 1 amide bonds. The van der Waals surface area contributed by atoms with Crippen LogP contribution in [0.3, 0.4) is 0 Å². The zero-order valence-corrected chi connectivity index (χ0v) is 18.5. The van der Waals surface area contributed by atoms with E-state index in [2.05, 4.69) is 5.32 Å². The van der Waals surface area contributed by atoms with Crippen LogP contribution in [0.4, 0.5) is 4.39 Å². The third-order valence-electron chi connectivity index (χ3n) is 5.92. The van der Waals surface area contributed by atoms with Gasteiger partial charge in [-0.1, -0.05) is 17.7 Å². The number of nitrogens with zero attached hydrogens (tertiary/aromatic N) is 3. The van der Waals surface area contributed by atoms with Gasteiger partial charge in [0.05, 0.1) is 24.1 Å². The molecule has 30 heavy (non-hydrogen) atoms. The fourth-order valence-corrected chi connectivity index (χ4v) is 6.40. The Labute approximate surface area is 177 Å². The minimum absolute atomic E-state index is 0.00456. The quantitative estimate of drug-likeness (QED) is 0.760. The number of nitriles is 1. The van der Waals surface area contributed by atoms with Crippen molar-refractivity contribution >= 4 is 15.9 Å². The van der Waals surface area contributed by atoms with E-state index in [-0.39, 0.29) is 31.5 Å². The van der Waals surface area contributed by atoms with Crippen molar-refractivity contribution in [2.75, 3.05) is 26.2 Å². The van der Waals surface area contributed by atoms with Crippen LogP contribution < -0.4 is 5.32 Å². The number of carbonyl (C=O) groups excluding carboxylic acids is 1. The first-order valence-corrected chi connectivity index (χ1v) is 11.7. The second kappa shape index (κ2) is 9.00. The Morgan fingerprint density at radius 3 is 2.40 bits per heavy atom. The lowest BCUT2D eigenvalue weighted by Gasteiger charge is -2.32. The number of alkyl halides is 1. The van der Waals surface area contributed by atoms with Crippen molar-refractivity contribution in [2.24, 2.45) is 0 Å². The maximum atomic E-state index is 13.5. The normalized spacial score (nSPS) is 23.5. The second-order valence-corrected chi connectivity index (χ2v) is 10.2. The van der Waals surface area contributed by atoms with Crippen LogP contribution in [0.15, 0.2) is 17.0 Å². The lowest BCUT2D eigenvalue weighted by molar-refractivity contribution is -0.130. The molecule has 164 valence electrons. The molecule has 0 aliphatic carbocycles. The molecule has 3 rings (SSSR count). The number of amides is 1. The largest absolute Gasteiger partial charge is 0.323 e. The molecule has 1 N–H and O–H groups in total. The van der Waals surface area contributed by atoms with Crippen LogP contribution in [-0.2, 0) is 14.8 Å². The van der Waals surface area contributed by atoms with Crippen molar-refractivity contribution in [1.82, 2.24) is 14.5 Å². The number of sulfonamides is 1. The van der Waals surface area contributed by atoms with Gasteiger partial charge in [-0.15, -0.1) is 0 Å². The molecule has 1 aromatic carbocycles. The highest BCUT2D eigenvalue weighted by Crippen LogP contribution is 2.27. The van der Waals surface area contributed by atoms with E-state index in [1.165, 1.54) is 9.21 Å². The van der Waals surface area contributed by atoms with Gasteiger partial charge in [-0.2, -0.15) is 9.57 Å². The Bertz CT molecular complexity index is 928. The Balaban J connectivity index is 1.56. The molecule has 2 aliphatic rings. The molecule has 0 spiro atoms. The Morgan fingerprint density at radius 2 is 1.83 bits per heavy atom. The van der Waals surface area contributed by atoms with Gasteiger partial charge in [0.2, 0.25) is 15.9 Å². The molecule has 7 nitrogen and oxygen atoms in total. The monoisotopic (exact) mass is 436 g/mol. The van der Waals surface area contributed by atoms with Gasteiger partial charge < -0.3 is 10.2 Å². The van der Waals surface area contributed by atoms with Gasteiger partial charge in [0.15, 0.2) is 0 Å². The van der Waals surface area contributed by atoms with Crippen molar-refractivity contribution in [2.45, 2.75) is 63.2 Å². The topological polar surface area (TPSA) is 93.5 Å². The number of likely N-dealkylation sites (tertiary alicyclic amines) is 1. The van der Waals surface area contributed by atoms with Gasteiger partial charge in [-0.25, -0.2) is 12.8 Å². The summed E-state index contributed by atoms with van der Waals surface area (Å²) in [5, 5.41) is 12.2. The summed E-state index contributed by atoms with van der Waals surface area (Å²) in [6, 6.07) is 5.04. The molecular formula is C21H29FN4O3S. The third kappa shape index (κ3) is 4.66. The lowest BCUT2D eigenvalue weighted by Crippen LogP contribution is -2.48. The fourth-order valence-electron chi connectivity index (χ4n) is 4.52. The third-order valence-corrected chi connectivity index (χ3v) is 8.12. The van der Waals surface area contributed by atoms with Gasteiger partial charge >= 0.3 is 0 Å². The molecule has 0 radical (unpaired) electrons. The van der Waals surface area contributed by atoms with E-state index in [0.717, 1.165) is 16.7 Å². The van der Waals surface area contributed by atoms with Crippen LogP contribution in [0.1, 0.15) is 36.0 Å². The second-order valence-electron chi connectivity index (χ2n) is 8.31. The van der Waals surface area contributed by atoms with Crippen LogP contribution in [0.2, 0.25) is 0 Å². The summed E-state index contributed by atoms with van der Waals surface area (Å²) in [5.74, 6) is -0.289. The average molecular weight is 437 g/mol. The van der Waals surface area contributed by atoms with E-state index in [9.17, 15) is 17.6 Å². The molecule has 2 aliphatic heterocycles. The van der Waals surface area contributed by atoms with Crippen molar-refractivity contribution in [3.63, 3.8) is 0 Å². The summed E-state index contributed by atoms with van der Waals surface area (Å²) in [6.45, 7) is 6.33. The molecule has 1 unspecified atom stereocenters. The molecule has 1 aromatic rings. The highest BCUT2D eigenvalue weighted by Gasteiger charge is 2.36. The van der Waals surface area contributed by atoms with E-state index in [0.29, 0.717) is 30.8 Å². The first-order valence-electron chi connectivity index (χ1n) is 10.3. The van der Waals surface area contributed by atoms with Crippen molar-refractivity contribution in [3.05, 3.63) is 28.8 Å². The van der Waals surface area contributed by atoms with E-state index < -0.39 is 22.2 Å². The zero-order chi connectivity index (χ0) is 22.1. The van der Waals surface area contributed by atoms with Crippen LogP contribution in [0.5, 0.6) is 0 Å². The molecule has 0 bridgehead atoms. The Kier molecular flexibility index (Phi) is 6.80. The first-order chi connectivity index (χ1) is 14.1. The molecule has 9 heteroatoms. The van der Waals surface area contributed by atoms with Gasteiger partial charge in [0, 0.05) is 25.6 Å². The fraction of sp³-hybridized carbons (Fsp3) is 0.619. The highest BCUT2D eigenvalue weighted by molar-refractivity contribution is 7.89. The van der Waals surface area contributed by atoms with Gasteiger partial charge in [0.1, 0.15) is 12.2 Å². The predicted octanol–water partition coefficient (Wildman–Crippen LogP) is 1.82. The zero-order valence-electron chi connectivity index (χ0n) is 17.7. The summed E-state index contributed by atoms with van der Waals surface area (Å²) in [6.07, 6.45) is 0.0881. The summed E-state index contributed by atoms with van der Waals surface area (Å²) < 4.78 is 41.4. The number of halogens is 1. The maximum Gasteiger partial charge on any atom is 0.243 e. The minimum Gasteiger partial charge on any atom is -0.323 e. The molecule has 0 aromatic heterocycles. The predicted molar refractivity (Wildman–Crippen MR) is 111 cm³/mol. The van der Waals surface area contributed by atoms with Crippen molar-refractivity contribution in [3.8, 4) is 6.07 Å². The number of aryl methyl sites for hydroxylation is 3. The standard InChI is InChI=1S/C21H29FN4O3S/c1-14-8-15(2)21(16(3)9-14)30(28,29)25-6-4-18(5-7-25)24-12-20(27)26-13-17(22)10-19(26)11-23/h8-9,17-19,24H,4-7,10,12-13H2,1-3H3/t17?,19-/m0/s1. The van der Waals surface area contributed by atoms with Crippen LogP contribution in [0, 0.1) is 32.1 Å². The van der Waals surface area contributed by atoms with Crippen LogP contribution >= 0.6 is 0 Å². The van der Waals surface area contributed by atoms with Gasteiger partial charge in [0.25, 0.3) is 0 Å². The molecule has 2 saturated heterocycles. The molecular weight excluding hydrogens is 407 g/mol. The maximum absolute atomic E-state index is 13.5. The SMILES string of the molecule is Cc1cc(C)c(S(=O)(=O)N2CCC(NCC(=O)N3CC(F)C[C@H]3C#N)CC2)c(C)c1. The van der Waals surface area contributed by atoms with E-state index in [1.54, 1.807) is 0 Å². The number of piperidine rings is 1. The van der Waals surface area contributed by atoms with E-state index in [4.69, 9.17) is 5.26 Å². The van der Waals surface area contributed by atoms with Crippen LogP contribution in [-0.4, -0.2) is 68.0 Å². The van der Waals surface area contributed by atoms with Gasteiger partial charge in [-0.3, -0.25) is 4.79 Å². The molecule has 2 fully saturated rings. The van der Waals surface area contributed by atoms with E-state index >= 15 is 0 Å². The lowest BCUT2D eigenvalue weighted by atomic mass is 10.1. The Hall–Kier alpha value is -2.02. The summed E-state index contributed by atoms with van der Waals surface area (Å²) in [7, 11) is -3.57. The van der Waals surface area contributed by atoms with Crippen LogP contribution in [0.25, 0.3) is 0 Å². The number of nitrogens with one attached hydrogen (secondary N) is 1. The highest BCUT2D eigenvalue weighted by atomic mass is 32.2. The summed E-state index contributed by atoms with van der Waals surface area (Å²) >= 11 is 0. The number of hydrogen-bond acceptors (Lipinski definition) is 5. The van der Waals surface area contributed by atoms with Crippen molar-refractivity contribution < 1.29 is 17.6 Å². The number of hydrogen-bond donors (Lipinski definition) is 1. The number of carbonyl (C=O) groups is 1. The number of rotatable bonds is 5. The summed E-state index contributed by atoms with van der Waals surface area (Å²) in [4.78, 5) is 14.0. The molecule has 2 heterocycles. The molecule has 0 saturated carbocycles. The minimum atomic E-state index is -3.57. The average Bonchev–Trinajstić information content (AvgIpc) is 3.06. The molecule has 2 atom stereocenters. The first kappa shape index (κ1) is 22.7. The summed E-state index contributed by atoms with van der Waals surface area (Å²) in [5.41, 5.74) is 2.54. The van der Waals surface area contributed by atoms with E-state index in [1.807, 2.05) is 39.0 Å². The smallest absolute Gasteiger partial charge is 0.243 e. The van der Waals surface area contributed by atoms with Crippen molar-refractivity contribution in [1.29, 1.82) is 5.26 Å². The van der Waals surface area contributed by atoms with Gasteiger partial charge in [-0.05, 0) is 44.7 Å². The number of benzene rings is 1.